The van der Waals surface area contributed by atoms with E-state index in [-0.39, 0.29) is 5.91 Å². The van der Waals surface area contributed by atoms with Crippen LogP contribution in [0.3, 0.4) is 0 Å². The first kappa shape index (κ1) is 13.6. The molecule has 0 aliphatic carbocycles. The Hall–Kier alpha value is -1.41. The number of aromatic amines is 1. The number of nitrogens with one attached hydrogen (secondary N) is 2. The van der Waals surface area contributed by atoms with Crippen molar-refractivity contribution in [1.29, 1.82) is 0 Å². The Kier molecular flexibility index (Phi) is 4.02. The van der Waals surface area contributed by atoms with Crippen LogP contribution >= 0.6 is 33.9 Å². The van der Waals surface area contributed by atoms with Gasteiger partial charge in [0, 0.05) is 18.3 Å². The van der Waals surface area contributed by atoms with E-state index in [9.17, 15) is 4.79 Å². The number of carbonyl (C=O) groups excluding carboxylic acids is 1. The van der Waals surface area contributed by atoms with Gasteiger partial charge in [0.1, 0.15) is 5.82 Å². The second-order valence-corrected chi connectivity index (χ2v) is 7.15. The summed E-state index contributed by atoms with van der Waals surface area (Å²) in [4.78, 5) is 19.6. The lowest BCUT2D eigenvalue weighted by Crippen LogP contribution is -2.25. The first-order chi connectivity index (χ1) is 9.72. The lowest BCUT2D eigenvalue weighted by molar-refractivity contribution is 0.0954. The molecule has 6 heteroatoms. The van der Waals surface area contributed by atoms with Crippen molar-refractivity contribution in [3.63, 3.8) is 0 Å². The molecule has 0 saturated carbocycles. The molecule has 0 aliphatic rings. The van der Waals surface area contributed by atoms with E-state index in [0.29, 0.717) is 13.0 Å². The van der Waals surface area contributed by atoms with Crippen molar-refractivity contribution in [3.05, 3.63) is 50.0 Å². The Morgan fingerprint density at radius 1 is 1.40 bits per heavy atom. The molecule has 3 rings (SSSR count). The molecule has 0 aliphatic heterocycles. The fraction of sp³-hybridized carbons (Fsp3) is 0.143. The van der Waals surface area contributed by atoms with Crippen molar-refractivity contribution in [1.82, 2.24) is 15.3 Å². The highest BCUT2D eigenvalue weighted by Gasteiger charge is 2.08. The number of amides is 1. The number of imidazole rings is 1. The number of rotatable bonds is 4. The Balaban J connectivity index is 1.58. The van der Waals surface area contributed by atoms with Gasteiger partial charge in [-0.15, -0.1) is 11.3 Å². The van der Waals surface area contributed by atoms with Crippen LogP contribution in [0.1, 0.15) is 16.2 Å². The molecular weight excluding hydrogens is 385 g/mol. The van der Waals surface area contributed by atoms with Gasteiger partial charge in [0.2, 0.25) is 0 Å². The van der Waals surface area contributed by atoms with Crippen molar-refractivity contribution >= 4 is 50.9 Å². The van der Waals surface area contributed by atoms with Gasteiger partial charge in [0.15, 0.2) is 0 Å². The molecule has 4 nitrogen and oxygen atoms in total. The molecule has 2 heterocycles. The molecule has 20 heavy (non-hydrogen) atoms. The SMILES string of the molecule is O=C(NCCc1nc2ccccc2[nH]1)c1csc(I)c1. The second kappa shape index (κ2) is 5.92. The highest BCUT2D eigenvalue weighted by Crippen LogP contribution is 2.16. The van der Waals surface area contributed by atoms with E-state index in [1.165, 1.54) is 0 Å². The lowest BCUT2D eigenvalue weighted by Gasteiger charge is -2.01. The van der Waals surface area contributed by atoms with Crippen molar-refractivity contribution in [2.45, 2.75) is 6.42 Å². The molecule has 102 valence electrons. The minimum Gasteiger partial charge on any atom is -0.352 e. The van der Waals surface area contributed by atoms with Crippen LogP contribution in [0.15, 0.2) is 35.7 Å². The summed E-state index contributed by atoms with van der Waals surface area (Å²) in [6.45, 7) is 0.574. The van der Waals surface area contributed by atoms with E-state index in [1.54, 1.807) is 11.3 Å². The van der Waals surface area contributed by atoms with Gasteiger partial charge < -0.3 is 10.3 Å². The number of carbonyl (C=O) groups is 1. The smallest absolute Gasteiger partial charge is 0.252 e. The molecule has 0 fully saturated rings. The third kappa shape index (κ3) is 3.01. The molecule has 0 saturated heterocycles. The van der Waals surface area contributed by atoms with Gasteiger partial charge in [-0.2, -0.15) is 0 Å². The van der Waals surface area contributed by atoms with Gasteiger partial charge in [0.05, 0.1) is 19.5 Å². The summed E-state index contributed by atoms with van der Waals surface area (Å²) in [7, 11) is 0. The molecule has 0 unspecified atom stereocenters. The first-order valence-corrected chi connectivity index (χ1v) is 8.14. The van der Waals surface area contributed by atoms with E-state index in [2.05, 4.69) is 37.9 Å². The quantitative estimate of drug-likeness (QED) is 0.665. The summed E-state index contributed by atoms with van der Waals surface area (Å²) < 4.78 is 1.12. The number of hydrogen-bond acceptors (Lipinski definition) is 3. The Bertz CT molecular complexity index is 717. The number of fused-ring (bicyclic) bond motifs is 1. The highest BCUT2D eigenvalue weighted by molar-refractivity contribution is 14.1. The summed E-state index contributed by atoms with van der Waals surface area (Å²) in [5, 5.41) is 4.78. The Labute approximate surface area is 133 Å². The van der Waals surface area contributed by atoms with E-state index in [4.69, 9.17) is 0 Å². The number of para-hydroxylation sites is 2. The van der Waals surface area contributed by atoms with Crippen LogP contribution in [0, 0.1) is 2.88 Å². The number of H-pyrrole nitrogens is 1. The van der Waals surface area contributed by atoms with Crippen molar-refractivity contribution in [2.24, 2.45) is 0 Å². The first-order valence-electron chi connectivity index (χ1n) is 6.18. The van der Waals surface area contributed by atoms with Crippen LogP contribution in [-0.4, -0.2) is 22.4 Å². The predicted octanol–water partition coefficient (Wildman–Crippen LogP) is 3.20. The zero-order valence-electron chi connectivity index (χ0n) is 10.5. The second-order valence-electron chi connectivity index (χ2n) is 4.35. The molecule has 0 radical (unpaired) electrons. The van der Waals surface area contributed by atoms with Crippen molar-refractivity contribution in [2.75, 3.05) is 6.54 Å². The summed E-state index contributed by atoms with van der Waals surface area (Å²) in [6.07, 6.45) is 0.696. The molecule has 0 atom stereocenters. The standard InChI is InChI=1S/C14H12IN3OS/c15-12-7-9(8-20-12)14(19)16-6-5-13-17-10-3-1-2-4-11(10)18-13/h1-4,7-8H,5-6H2,(H,16,19)(H,17,18). The summed E-state index contributed by atoms with van der Waals surface area (Å²) in [5.74, 6) is 0.867. The highest BCUT2D eigenvalue weighted by atomic mass is 127. The number of hydrogen-bond donors (Lipinski definition) is 2. The molecule has 1 aromatic carbocycles. The van der Waals surface area contributed by atoms with Crippen LogP contribution < -0.4 is 5.32 Å². The van der Waals surface area contributed by atoms with E-state index in [1.807, 2.05) is 35.7 Å². The van der Waals surface area contributed by atoms with E-state index >= 15 is 0 Å². The maximum absolute atomic E-state index is 11.9. The molecule has 3 aromatic rings. The zero-order valence-corrected chi connectivity index (χ0v) is 13.5. The zero-order chi connectivity index (χ0) is 13.9. The fourth-order valence-corrected chi connectivity index (χ4v) is 3.28. The van der Waals surface area contributed by atoms with Gasteiger partial charge in [-0.3, -0.25) is 4.79 Å². The molecule has 0 spiro atoms. The average Bonchev–Trinajstić information content (AvgIpc) is 3.04. The Morgan fingerprint density at radius 2 is 2.25 bits per heavy atom. The molecule has 2 aromatic heterocycles. The van der Waals surface area contributed by atoms with Crippen LogP contribution in [0.5, 0.6) is 0 Å². The number of thiophene rings is 1. The van der Waals surface area contributed by atoms with Crippen LogP contribution in [-0.2, 0) is 6.42 Å². The maximum Gasteiger partial charge on any atom is 0.252 e. The minimum absolute atomic E-state index is 0.0275. The average molecular weight is 397 g/mol. The van der Waals surface area contributed by atoms with Gasteiger partial charge in [0.25, 0.3) is 5.91 Å². The summed E-state index contributed by atoms with van der Waals surface area (Å²) >= 11 is 3.79. The van der Waals surface area contributed by atoms with E-state index < -0.39 is 0 Å². The normalized spacial score (nSPS) is 10.8. The van der Waals surface area contributed by atoms with E-state index in [0.717, 1.165) is 25.3 Å². The lowest BCUT2D eigenvalue weighted by atomic mass is 10.3. The van der Waals surface area contributed by atoms with Gasteiger partial charge in [-0.05, 0) is 40.8 Å². The van der Waals surface area contributed by atoms with Crippen molar-refractivity contribution < 1.29 is 4.79 Å². The molecule has 1 amide bonds. The predicted molar refractivity (Wildman–Crippen MR) is 89.2 cm³/mol. The monoisotopic (exact) mass is 397 g/mol. The van der Waals surface area contributed by atoms with Crippen LogP contribution in [0.25, 0.3) is 11.0 Å². The molecular formula is C14H12IN3OS. The van der Waals surface area contributed by atoms with Crippen LogP contribution in [0.4, 0.5) is 0 Å². The third-order valence-corrected chi connectivity index (χ3v) is 4.70. The van der Waals surface area contributed by atoms with Gasteiger partial charge >= 0.3 is 0 Å². The largest absolute Gasteiger partial charge is 0.352 e. The minimum atomic E-state index is -0.0275. The van der Waals surface area contributed by atoms with Gasteiger partial charge in [-0.1, -0.05) is 12.1 Å². The number of benzene rings is 1. The maximum atomic E-state index is 11.9. The third-order valence-electron chi connectivity index (χ3n) is 2.92. The number of aromatic nitrogens is 2. The Morgan fingerprint density at radius 3 is 3.00 bits per heavy atom. The molecule has 2 N–H and O–H groups in total. The molecule has 0 bridgehead atoms. The summed E-state index contributed by atoms with van der Waals surface area (Å²) in [6, 6.07) is 9.80. The number of halogens is 1. The van der Waals surface area contributed by atoms with Crippen LogP contribution in [0.2, 0.25) is 0 Å². The van der Waals surface area contributed by atoms with Crippen molar-refractivity contribution in [3.8, 4) is 0 Å². The topological polar surface area (TPSA) is 57.8 Å². The summed E-state index contributed by atoms with van der Waals surface area (Å²) in [5.41, 5.74) is 2.71. The number of nitrogens with zero attached hydrogens (tertiary/aromatic N) is 1. The fourth-order valence-electron chi connectivity index (χ4n) is 1.95. The van der Waals surface area contributed by atoms with Gasteiger partial charge in [-0.25, -0.2) is 4.98 Å².